The third kappa shape index (κ3) is 2.67. The summed E-state index contributed by atoms with van der Waals surface area (Å²) in [6, 6.07) is 4.15. The normalized spacial score (nSPS) is 24.8. The van der Waals surface area contributed by atoms with Crippen LogP contribution in [0.2, 0.25) is 0 Å². The molecular formula is C14H23N3. The molecule has 1 atom stereocenters. The molecule has 0 aliphatic carbocycles. The van der Waals surface area contributed by atoms with E-state index in [0.29, 0.717) is 5.92 Å². The minimum atomic E-state index is 0.197. The van der Waals surface area contributed by atoms with Crippen LogP contribution in [0, 0.1) is 5.92 Å². The standard InChI is InChI=1S/C14H23N3/c1-14(2)13(9-15)6-4-8-17(14)11-12-5-3-7-16-10-12/h3,5,7,10,13H,4,6,8-9,11,15H2,1-2H3. The van der Waals surface area contributed by atoms with E-state index in [1.165, 1.54) is 24.9 Å². The van der Waals surface area contributed by atoms with Crippen molar-refractivity contribution in [3.63, 3.8) is 0 Å². The Morgan fingerprint density at radius 2 is 2.35 bits per heavy atom. The van der Waals surface area contributed by atoms with Crippen LogP contribution in [0.3, 0.4) is 0 Å². The summed E-state index contributed by atoms with van der Waals surface area (Å²) in [5.74, 6) is 0.605. The van der Waals surface area contributed by atoms with Crippen LogP contribution in [0.1, 0.15) is 32.3 Å². The van der Waals surface area contributed by atoms with Gasteiger partial charge in [-0.05, 0) is 57.3 Å². The highest BCUT2D eigenvalue weighted by Crippen LogP contribution is 2.33. The molecule has 1 unspecified atom stereocenters. The molecule has 0 aromatic carbocycles. The highest BCUT2D eigenvalue weighted by Gasteiger charge is 2.37. The lowest BCUT2D eigenvalue weighted by Crippen LogP contribution is -2.54. The van der Waals surface area contributed by atoms with Crippen molar-refractivity contribution in [2.45, 2.75) is 38.8 Å². The second kappa shape index (κ2) is 5.15. The summed E-state index contributed by atoms with van der Waals surface area (Å²) >= 11 is 0. The smallest absolute Gasteiger partial charge is 0.0312 e. The predicted molar refractivity (Wildman–Crippen MR) is 70.5 cm³/mol. The van der Waals surface area contributed by atoms with Gasteiger partial charge in [-0.1, -0.05) is 6.07 Å². The zero-order chi connectivity index (χ0) is 12.3. The average Bonchev–Trinajstić information content (AvgIpc) is 2.33. The Morgan fingerprint density at radius 1 is 1.53 bits per heavy atom. The topological polar surface area (TPSA) is 42.1 Å². The number of nitrogens with zero attached hydrogens (tertiary/aromatic N) is 2. The van der Waals surface area contributed by atoms with Crippen molar-refractivity contribution >= 4 is 0 Å². The minimum Gasteiger partial charge on any atom is -0.330 e. The molecule has 17 heavy (non-hydrogen) atoms. The lowest BCUT2D eigenvalue weighted by atomic mass is 9.79. The Morgan fingerprint density at radius 3 is 3.00 bits per heavy atom. The molecule has 0 saturated carbocycles. The third-order valence-electron chi connectivity index (χ3n) is 4.18. The fourth-order valence-corrected chi connectivity index (χ4v) is 2.83. The lowest BCUT2D eigenvalue weighted by molar-refractivity contribution is 0.0189. The number of hydrogen-bond acceptors (Lipinski definition) is 3. The number of rotatable bonds is 3. The molecule has 2 heterocycles. The summed E-state index contributed by atoms with van der Waals surface area (Å²) in [6.45, 7) is 7.58. The largest absolute Gasteiger partial charge is 0.330 e. The fraction of sp³-hybridized carbons (Fsp3) is 0.643. The number of likely N-dealkylation sites (tertiary alicyclic amines) is 1. The number of aromatic nitrogens is 1. The van der Waals surface area contributed by atoms with Gasteiger partial charge in [0, 0.05) is 24.5 Å². The molecular weight excluding hydrogens is 210 g/mol. The molecule has 1 aliphatic rings. The Hall–Kier alpha value is -0.930. The summed E-state index contributed by atoms with van der Waals surface area (Å²) in [5.41, 5.74) is 7.38. The van der Waals surface area contributed by atoms with Gasteiger partial charge >= 0.3 is 0 Å². The van der Waals surface area contributed by atoms with Gasteiger partial charge in [-0.25, -0.2) is 0 Å². The van der Waals surface area contributed by atoms with Crippen LogP contribution in [-0.4, -0.2) is 28.5 Å². The van der Waals surface area contributed by atoms with Crippen molar-refractivity contribution in [3.05, 3.63) is 30.1 Å². The van der Waals surface area contributed by atoms with Crippen LogP contribution < -0.4 is 5.73 Å². The average molecular weight is 233 g/mol. The molecule has 2 rings (SSSR count). The van der Waals surface area contributed by atoms with Crippen molar-refractivity contribution in [3.8, 4) is 0 Å². The van der Waals surface area contributed by atoms with Crippen molar-refractivity contribution in [1.29, 1.82) is 0 Å². The summed E-state index contributed by atoms with van der Waals surface area (Å²) in [5, 5.41) is 0. The molecule has 1 aliphatic heterocycles. The van der Waals surface area contributed by atoms with Gasteiger partial charge in [-0.15, -0.1) is 0 Å². The minimum absolute atomic E-state index is 0.197. The maximum atomic E-state index is 5.90. The number of pyridine rings is 1. The molecule has 0 spiro atoms. The zero-order valence-corrected chi connectivity index (χ0v) is 10.9. The molecule has 1 fully saturated rings. The van der Waals surface area contributed by atoms with Gasteiger partial charge < -0.3 is 5.73 Å². The van der Waals surface area contributed by atoms with Gasteiger partial charge in [0.15, 0.2) is 0 Å². The Kier molecular flexibility index (Phi) is 3.79. The van der Waals surface area contributed by atoms with Gasteiger partial charge in [0.25, 0.3) is 0 Å². The van der Waals surface area contributed by atoms with Crippen LogP contribution in [-0.2, 0) is 6.54 Å². The number of piperidine rings is 1. The zero-order valence-electron chi connectivity index (χ0n) is 10.9. The predicted octanol–water partition coefficient (Wildman–Crippen LogP) is 2.03. The van der Waals surface area contributed by atoms with Crippen LogP contribution in [0.5, 0.6) is 0 Å². The first-order chi connectivity index (χ1) is 8.14. The van der Waals surface area contributed by atoms with E-state index in [9.17, 15) is 0 Å². The lowest BCUT2D eigenvalue weighted by Gasteiger charge is -2.48. The first kappa shape index (κ1) is 12.5. The molecule has 3 nitrogen and oxygen atoms in total. The molecule has 0 amide bonds. The molecule has 2 N–H and O–H groups in total. The van der Waals surface area contributed by atoms with Crippen LogP contribution in [0.15, 0.2) is 24.5 Å². The van der Waals surface area contributed by atoms with E-state index in [4.69, 9.17) is 5.73 Å². The summed E-state index contributed by atoms with van der Waals surface area (Å²) in [4.78, 5) is 6.73. The van der Waals surface area contributed by atoms with Crippen LogP contribution in [0.4, 0.5) is 0 Å². The summed E-state index contributed by atoms with van der Waals surface area (Å²) in [6.07, 6.45) is 6.30. The second-order valence-corrected chi connectivity index (χ2v) is 5.51. The monoisotopic (exact) mass is 233 g/mol. The first-order valence-electron chi connectivity index (χ1n) is 6.48. The van der Waals surface area contributed by atoms with Gasteiger partial charge in [-0.3, -0.25) is 9.88 Å². The Labute approximate surface area is 104 Å². The molecule has 1 aromatic heterocycles. The van der Waals surface area contributed by atoms with E-state index in [2.05, 4.69) is 29.8 Å². The van der Waals surface area contributed by atoms with Crippen molar-refractivity contribution in [2.24, 2.45) is 11.7 Å². The Bertz CT molecular complexity index is 348. The van der Waals surface area contributed by atoms with Crippen LogP contribution in [0.25, 0.3) is 0 Å². The highest BCUT2D eigenvalue weighted by atomic mass is 15.2. The number of hydrogen-bond donors (Lipinski definition) is 1. The highest BCUT2D eigenvalue weighted by molar-refractivity contribution is 5.09. The van der Waals surface area contributed by atoms with E-state index in [1.807, 2.05) is 18.5 Å². The van der Waals surface area contributed by atoms with Gasteiger partial charge in [-0.2, -0.15) is 0 Å². The summed E-state index contributed by atoms with van der Waals surface area (Å²) < 4.78 is 0. The molecule has 0 radical (unpaired) electrons. The molecule has 94 valence electrons. The Balaban J connectivity index is 2.10. The van der Waals surface area contributed by atoms with E-state index in [1.54, 1.807) is 0 Å². The molecule has 3 heteroatoms. The van der Waals surface area contributed by atoms with E-state index < -0.39 is 0 Å². The second-order valence-electron chi connectivity index (χ2n) is 5.51. The molecule has 0 bridgehead atoms. The number of nitrogens with two attached hydrogens (primary N) is 1. The van der Waals surface area contributed by atoms with E-state index in [0.717, 1.165) is 13.1 Å². The first-order valence-corrected chi connectivity index (χ1v) is 6.48. The van der Waals surface area contributed by atoms with Crippen LogP contribution >= 0.6 is 0 Å². The maximum absolute atomic E-state index is 5.90. The SMILES string of the molecule is CC1(C)C(CN)CCCN1Cc1cccnc1. The van der Waals surface area contributed by atoms with Gasteiger partial charge in [0.1, 0.15) is 0 Å². The quantitative estimate of drug-likeness (QED) is 0.868. The van der Waals surface area contributed by atoms with E-state index in [-0.39, 0.29) is 5.54 Å². The fourth-order valence-electron chi connectivity index (χ4n) is 2.83. The summed E-state index contributed by atoms with van der Waals surface area (Å²) in [7, 11) is 0. The van der Waals surface area contributed by atoms with Crippen molar-refractivity contribution in [1.82, 2.24) is 9.88 Å². The molecule has 1 aromatic rings. The van der Waals surface area contributed by atoms with Gasteiger partial charge in [0.2, 0.25) is 0 Å². The van der Waals surface area contributed by atoms with E-state index >= 15 is 0 Å². The van der Waals surface area contributed by atoms with Crippen molar-refractivity contribution < 1.29 is 0 Å². The van der Waals surface area contributed by atoms with Gasteiger partial charge in [0.05, 0.1) is 0 Å². The third-order valence-corrected chi connectivity index (χ3v) is 4.18. The molecule has 1 saturated heterocycles. The van der Waals surface area contributed by atoms with Crippen molar-refractivity contribution in [2.75, 3.05) is 13.1 Å². The maximum Gasteiger partial charge on any atom is 0.0312 e.